The molecular formula is C11H17N3O4S2. The Morgan fingerprint density at radius 2 is 1.90 bits per heavy atom. The average Bonchev–Trinajstić information content (AvgIpc) is 2.59. The Kier molecular flexibility index (Phi) is 4.61. The van der Waals surface area contributed by atoms with Crippen LogP contribution in [-0.4, -0.2) is 41.3 Å². The van der Waals surface area contributed by atoms with Crippen LogP contribution in [0, 0.1) is 6.92 Å². The number of nitrogens with one attached hydrogen (secondary N) is 1. The molecule has 1 aliphatic rings. The topological polar surface area (TPSA) is 99.6 Å². The number of anilines is 1. The van der Waals surface area contributed by atoms with Gasteiger partial charge in [-0.25, -0.2) is 4.79 Å². The Bertz CT molecular complexity index is 589. The number of aryl methyl sites for hydroxylation is 1. The third kappa shape index (κ3) is 3.28. The van der Waals surface area contributed by atoms with Gasteiger partial charge in [-0.05, 0) is 31.3 Å². The second-order valence-corrected chi connectivity index (χ2v) is 7.14. The lowest BCUT2D eigenvalue weighted by molar-refractivity contribution is 0.0697. The first kappa shape index (κ1) is 15.2. The smallest absolute Gasteiger partial charge is 0.340 e. The van der Waals surface area contributed by atoms with Gasteiger partial charge >= 0.3 is 16.2 Å². The van der Waals surface area contributed by atoms with Crippen molar-refractivity contribution in [3.63, 3.8) is 0 Å². The summed E-state index contributed by atoms with van der Waals surface area (Å²) in [5.74, 6) is -1.18. The Morgan fingerprint density at radius 1 is 1.30 bits per heavy atom. The molecule has 1 saturated heterocycles. The van der Waals surface area contributed by atoms with Gasteiger partial charge in [0.2, 0.25) is 0 Å². The van der Waals surface area contributed by atoms with Crippen molar-refractivity contribution in [1.29, 1.82) is 0 Å². The maximum atomic E-state index is 12.3. The molecule has 0 spiro atoms. The van der Waals surface area contributed by atoms with Gasteiger partial charge in [0.25, 0.3) is 0 Å². The first-order chi connectivity index (χ1) is 9.42. The van der Waals surface area contributed by atoms with E-state index in [2.05, 4.69) is 9.10 Å². The van der Waals surface area contributed by atoms with Gasteiger partial charge in [0.1, 0.15) is 10.6 Å². The Hall–Kier alpha value is -1.19. The van der Waals surface area contributed by atoms with Gasteiger partial charge in [-0.2, -0.15) is 17.1 Å². The van der Waals surface area contributed by atoms with Crippen molar-refractivity contribution in [3.8, 4) is 0 Å². The highest BCUT2D eigenvalue weighted by atomic mass is 32.2. The van der Waals surface area contributed by atoms with Crippen LogP contribution >= 0.6 is 11.5 Å². The fourth-order valence-electron chi connectivity index (χ4n) is 2.15. The van der Waals surface area contributed by atoms with E-state index in [0.29, 0.717) is 18.8 Å². The molecule has 0 aromatic carbocycles. The van der Waals surface area contributed by atoms with E-state index in [1.165, 1.54) is 4.31 Å². The predicted molar refractivity (Wildman–Crippen MR) is 76.4 cm³/mol. The van der Waals surface area contributed by atoms with E-state index in [0.717, 1.165) is 37.2 Å². The summed E-state index contributed by atoms with van der Waals surface area (Å²) in [6.45, 7) is 2.48. The molecule has 20 heavy (non-hydrogen) atoms. The van der Waals surface area contributed by atoms with Crippen LogP contribution in [0.15, 0.2) is 0 Å². The number of rotatable bonds is 4. The third-order valence-electron chi connectivity index (χ3n) is 3.20. The molecule has 112 valence electrons. The van der Waals surface area contributed by atoms with Crippen molar-refractivity contribution in [3.05, 3.63) is 11.3 Å². The van der Waals surface area contributed by atoms with Gasteiger partial charge in [0.15, 0.2) is 0 Å². The number of hydrogen-bond acceptors (Lipinski definition) is 5. The molecule has 0 aliphatic carbocycles. The van der Waals surface area contributed by atoms with E-state index < -0.39 is 16.2 Å². The first-order valence-electron chi connectivity index (χ1n) is 6.39. The molecule has 0 radical (unpaired) electrons. The van der Waals surface area contributed by atoms with E-state index >= 15 is 0 Å². The molecule has 1 aliphatic heterocycles. The highest BCUT2D eigenvalue weighted by Crippen LogP contribution is 2.26. The minimum absolute atomic E-state index is 0.0687. The molecule has 9 heteroatoms. The fraction of sp³-hybridized carbons (Fsp3) is 0.636. The van der Waals surface area contributed by atoms with Crippen LogP contribution in [0.2, 0.25) is 0 Å². The van der Waals surface area contributed by atoms with E-state index in [-0.39, 0.29) is 10.6 Å². The summed E-state index contributed by atoms with van der Waals surface area (Å²) in [7, 11) is -3.71. The molecule has 0 unspecified atom stereocenters. The molecule has 1 aromatic heterocycles. The molecular weight excluding hydrogens is 302 g/mol. The normalized spacial score (nSPS) is 17.6. The number of aromatic nitrogens is 1. The van der Waals surface area contributed by atoms with Crippen LogP contribution in [0.25, 0.3) is 0 Å². The molecule has 0 saturated carbocycles. The highest BCUT2D eigenvalue weighted by Gasteiger charge is 2.27. The number of carboxylic acids is 1. The standard InChI is InChI=1S/C11H17N3O4S2/c1-8-9(11(15)16)10(19-12-8)13-20(17,18)14-6-4-2-3-5-7-14/h13H,2-7H2,1H3,(H,15,16). The van der Waals surface area contributed by atoms with Crippen LogP contribution in [0.4, 0.5) is 5.00 Å². The SMILES string of the molecule is Cc1nsc(NS(=O)(=O)N2CCCCCC2)c1C(=O)O. The molecule has 0 bridgehead atoms. The zero-order valence-corrected chi connectivity index (χ0v) is 12.8. The zero-order valence-electron chi connectivity index (χ0n) is 11.1. The molecule has 2 heterocycles. The van der Waals surface area contributed by atoms with Crippen LogP contribution < -0.4 is 4.72 Å². The second kappa shape index (κ2) is 6.06. The first-order valence-corrected chi connectivity index (χ1v) is 8.60. The quantitative estimate of drug-likeness (QED) is 0.879. The summed E-state index contributed by atoms with van der Waals surface area (Å²) in [5, 5.41) is 9.17. The summed E-state index contributed by atoms with van der Waals surface area (Å²) in [4.78, 5) is 11.1. The number of aromatic carboxylic acids is 1. The lowest BCUT2D eigenvalue weighted by Gasteiger charge is -2.20. The van der Waals surface area contributed by atoms with Crippen LogP contribution in [0.1, 0.15) is 41.7 Å². The van der Waals surface area contributed by atoms with Gasteiger partial charge in [-0.3, -0.25) is 4.72 Å². The summed E-state index contributed by atoms with van der Waals surface area (Å²) < 4.78 is 32.2. The molecule has 2 rings (SSSR count). The van der Waals surface area contributed by atoms with Crippen LogP contribution in [0.5, 0.6) is 0 Å². The van der Waals surface area contributed by atoms with Gasteiger partial charge in [0.05, 0.1) is 5.69 Å². The number of carbonyl (C=O) groups is 1. The Balaban J connectivity index is 2.21. The number of nitrogens with zero attached hydrogens (tertiary/aromatic N) is 2. The van der Waals surface area contributed by atoms with E-state index in [1.54, 1.807) is 6.92 Å². The largest absolute Gasteiger partial charge is 0.478 e. The maximum absolute atomic E-state index is 12.3. The van der Waals surface area contributed by atoms with Crippen molar-refractivity contribution < 1.29 is 18.3 Å². The monoisotopic (exact) mass is 319 g/mol. The Labute approximate surface area is 122 Å². The second-order valence-electron chi connectivity index (χ2n) is 4.70. The predicted octanol–water partition coefficient (Wildman–Crippen LogP) is 1.68. The summed E-state index contributed by atoms with van der Waals surface area (Å²) >= 11 is 0.853. The van der Waals surface area contributed by atoms with Gasteiger partial charge in [-0.1, -0.05) is 12.8 Å². The minimum Gasteiger partial charge on any atom is -0.478 e. The van der Waals surface area contributed by atoms with E-state index in [9.17, 15) is 13.2 Å². The molecule has 1 fully saturated rings. The Morgan fingerprint density at radius 3 is 2.45 bits per heavy atom. The maximum Gasteiger partial charge on any atom is 0.340 e. The lowest BCUT2D eigenvalue weighted by atomic mass is 10.2. The summed E-state index contributed by atoms with van der Waals surface area (Å²) in [5.41, 5.74) is 0.240. The van der Waals surface area contributed by atoms with Gasteiger partial charge in [0, 0.05) is 13.1 Å². The molecule has 0 atom stereocenters. The van der Waals surface area contributed by atoms with Gasteiger partial charge < -0.3 is 5.11 Å². The third-order valence-corrected chi connectivity index (χ3v) is 5.69. The molecule has 7 nitrogen and oxygen atoms in total. The average molecular weight is 319 g/mol. The van der Waals surface area contributed by atoms with E-state index in [1.807, 2.05) is 0 Å². The minimum atomic E-state index is -3.71. The van der Waals surface area contributed by atoms with Crippen molar-refractivity contribution in [2.75, 3.05) is 17.8 Å². The fourth-order valence-corrected chi connectivity index (χ4v) is 4.47. The lowest BCUT2D eigenvalue weighted by Crippen LogP contribution is -2.36. The molecule has 1 aromatic rings. The van der Waals surface area contributed by atoms with Crippen LogP contribution in [0.3, 0.4) is 0 Å². The van der Waals surface area contributed by atoms with Crippen LogP contribution in [-0.2, 0) is 10.2 Å². The van der Waals surface area contributed by atoms with Crippen molar-refractivity contribution in [2.24, 2.45) is 0 Å². The summed E-state index contributed by atoms with van der Waals surface area (Å²) in [6, 6.07) is 0. The van der Waals surface area contributed by atoms with Crippen molar-refractivity contribution in [2.45, 2.75) is 32.6 Å². The van der Waals surface area contributed by atoms with Gasteiger partial charge in [-0.15, -0.1) is 0 Å². The zero-order chi connectivity index (χ0) is 14.8. The summed E-state index contributed by atoms with van der Waals surface area (Å²) in [6.07, 6.45) is 3.70. The van der Waals surface area contributed by atoms with E-state index in [4.69, 9.17) is 5.11 Å². The highest BCUT2D eigenvalue weighted by molar-refractivity contribution is 7.90. The molecule has 2 N–H and O–H groups in total. The van der Waals surface area contributed by atoms with Crippen molar-refractivity contribution in [1.82, 2.24) is 8.68 Å². The number of hydrogen-bond donors (Lipinski definition) is 2. The van der Waals surface area contributed by atoms with Crippen molar-refractivity contribution >= 4 is 32.7 Å². The number of carboxylic acid groups (broad SMARTS) is 1. The molecule has 0 amide bonds.